The monoisotopic (exact) mass is 283 g/mol. The fourth-order valence-corrected chi connectivity index (χ4v) is 3.20. The second-order valence-electron chi connectivity index (χ2n) is 3.96. The van der Waals surface area contributed by atoms with Gasteiger partial charge < -0.3 is 0 Å². The van der Waals surface area contributed by atoms with E-state index >= 15 is 0 Å². The summed E-state index contributed by atoms with van der Waals surface area (Å²) in [6.45, 7) is 3.81. The van der Waals surface area contributed by atoms with Crippen molar-refractivity contribution in [3.8, 4) is 0 Å². The average Bonchev–Trinajstić information content (AvgIpc) is 2.94. The Hall–Kier alpha value is -1.34. The maximum Gasteiger partial charge on any atom is 0.344 e. The number of aromatic nitrogens is 3. The first kappa shape index (κ1) is 13.1. The van der Waals surface area contributed by atoms with Gasteiger partial charge in [-0.1, -0.05) is 17.8 Å². The van der Waals surface area contributed by atoms with E-state index in [9.17, 15) is 9.59 Å². The van der Waals surface area contributed by atoms with Gasteiger partial charge in [-0.3, -0.25) is 9.36 Å². The smallest absolute Gasteiger partial charge is 0.292 e. The van der Waals surface area contributed by atoms with Crippen molar-refractivity contribution in [2.75, 3.05) is 5.75 Å². The molecule has 7 heteroatoms. The molecule has 2 rings (SSSR count). The van der Waals surface area contributed by atoms with Crippen molar-refractivity contribution in [2.45, 2.75) is 25.0 Å². The predicted molar refractivity (Wildman–Crippen MR) is 72.6 cm³/mol. The highest BCUT2D eigenvalue weighted by Gasteiger charge is 2.14. The Morgan fingerprint density at radius 2 is 2.39 bits per heavy atom. The van der Waals surface area contributed by atoms with Gasteiger partial charge in [0.05, 0.1) is 10.6 Å². The predicted octanol–water partition coefficient (Wildman–Crippen LogP) is 2.19. The van der Waals surface area contributed by atoms with Gasteiger partial charge >= 0.3 is 5.69 Å². The van der Waals surface area contributed by atoms with Crippen LogP contribution in [0.25, 0.3) is 0 Å². The van der Waals surface area contributed by atoms with Crippen LogP contribution in [0.5, 0.6) is 0 Å². The highest BCUT2D eigenvalue weighted by molar-refractivity contribution is 7.99. The van der Waals surface area contributed by atoms with Gasteiger partial charge in [-0.05, 0) is 25.3 Å². The zero-order valence-electron chi connectivity index (χ0n) is 10.0. The summed E-state index contributed by atoms with van der Waals surface area (Å²) in [5.41, 5.74) is -0.240. The number of hydrogen-bond acceptors (Lipinski definition) is 5. The van der Waals surface area contributed by atoms with Crippen molar-refractivity contribution in [3.63, 3.8) is 0 Å². The van der Waals surface area contributed by atoms with Crippen molar-refractivity contribution >= 4 is 28.9 Å². The van der Waals surface area contributed by atoms with E-state index in [1.54, 1.807) is 10.6 Å². The van der Waals surface area contributed by atoms with Gasteiger partial charge in [0.1, 0.15) is 0 Å². The Bertz CT molecular complexity index is 584. The zero-order valence-corrected chi connectivity index (χ0v) is 11.7. The first-order chi connectivity index (χ1) is 8.59. The molecule has 0 aromatic carbocycles. The molecule has 0 saturated heterocycles. The van der Waals surface area contributed by atoms with Crippen LogP contribution in [0, 0.1) is 0 Å². The van der Waals surface area contributed by atoms with E-state index < -0.39 is 0 Å². The highest BCUT2D eigenvalue weighted by atomic mass is 32.2. The summed E-state index contributed by atoms with van der Waals surface area (Å²) in [5.74, 6) is 0.345. The van der Waals surface area contributed by atoms with Crippen molar-refractivity contribution in [3.05, 3.63) is 32.9 Å². The molecule has 0 saturated carbocycles. The Balaban J connectivity index is 2.07. The van der Waals surface area contributed by atoms with E-state index in [4.69, 9.17) is 0 Å². The molecule has 5 nitrogen and oxygen atoms in total. The van der Waals surface area contributed by atoms with E-state index in [0.29, 0.717) is 5.16 Å². The number of thiophene rings is 1. The van der Waals surface area contributed by atoms with Crippen LogP contribution in [0.3, 0.4) is 0 Å². The van der Waals surface area contributed by atoms with Crippen LogP contribution in [0.15, 0.2) is 27.5 Å². The molecule has 0 fully saturated rings. The normalized spacial score (nSPS) is 11.1. The third kappa shape index (κ3) is 2.73. The number of nitrogens with one attached hydrogen (secondary N) is 1. The number of hydrogen-bond donors (Lipinski definition) is 1. The van der Waals surface area contributed by atoms with Gasteiger partial charge in [0.2, 0.25) is 0 Å². The molecule has 96 valence electrons. The molecule has 18 heavy (non-hydrogen) atoms. The Morgan fingerprint density at radius 3 is 3.00 bits per heavy atom. The summed E-state index contributed by atoms with van der Waals surface area (Å²) in [6.07, 6.45) is 0. The molecule has 0 atom stereocenters. The topological polar surface area (TPSA) is 67.8 Å². The van der Waals surface area contributed by atoms with Crippen LogP contribution in [-0.4, -0.2) is 26.3 Å². The molecule has 0 aliphatic carbocycles. The third-order valence-electron chi connectivity index (χ3n) is 2.32. The van der Waals surface area contributed by atoms with E-state index in [1.165, 1.54) is 23.1 Å². The maximum absolute atomic E-state index is 11.8. The van der Waals surface area contributed by atoms with Gasteiger partial charge in [0.15, 0.2) is 10.9 Å². The number of rotatable bonds is 5. The zero-order chi connectivity index (χ0) is 13.1. The molecule has 0 aliphatic heterocycles. The fraction of sp³-hybridized carbons (Fsp3) is 0.364. The largest absolute Gasteiger partial charge is 0.344 e. The lowest BCUT2D eigenvalue weighted by molar-refractivity contribution is 0.102. The van der Waals surface area contributed by atoms with E-state index in [-0.39, 0.29) is 23.3 Å². The molecule has 0 unspecified atom stereocenters. The van der Waals surface area contributed by atoms with Gasteiger partial charge in [0, 0.05) is 6.04 Å². The van der Waals surface area contributed by atoms with Crippen molar-refractivity contribution in [1.29, 1.82) is 0 Å². The molecule has 2 aromatic heterocycles. The van der Waals surface area contributed by atoms with E-state index in [1.807, 2.05) is 25.3 Å². The molecule has 1 N–H and O–H groups in total. The quantitative estimate of drug-likeness (QED) is 0.674. The summed E-state index contributed by atoms with van der Waals surface area (Å²) >= 11 is 2.70. The maximum atomic E-state index is 11.8. The number of carbonyl (C=O) groups excluding carboxylic acids is 1. The van der Waals surface area contributed by atoms with Crippen molar-refractivity contribution < 1.29 is 4.79 Å². The first-order valence-corrected chi connectivity index (χ1v) is 7.32. The summed E-state index contributed by atoms with van der Waals surface area (Å²) < 4.78 is 1.55. The molecule has 2 aromatic rings. The van der Waals surface area contributed by atoms with Gasteiger partial charge in [-0.15, -0.1) is 16.4 Å². The van der Waals surface area contributed by atoms with Crippen LogP contribution in [-0.2, 0) is 0 Å². The summed E-state index contributed by atoms with van der Waals surface area (Å²) in [7, 11) is 0. The second kappa shape index (κ2) is 5.53. The van der Waals surface area contributed by atoms with Gasteiger partial charge in [-0.2, -0.15) is 0 Å². The second-order valence-corrected chi connectivity index (χ2v) is 5.85. The van der Waals surface area contributed by atoms with E-state index in [2.05, 4.69) is 10.2 Å². The third-order valence-corrected chi connectivity index (χ3v) is 4.18. The van der Waals surface area contributed by atoms with Gasteiger partial charge in [0.25, 0.3) is 0 Å². The minimum absolute atomic E-state index is 0.0237. The lowest BCUT2D eigenvalue weighted by Crippen LogP contribution is -2.19. The van der Waals surface area contributed by atoms with Crippen LogP contribution in [0.4, 0.5) is 0 Å². The Labute approximate surface area is 112 Å². The average molecular weight is 283 g/mol. The van der Waals surface area contributed by atoms with Gasteiger partial charge in [-0.25, -0.2) is 9.89 Å². The Morgan fingerprint density at radius 1 is 1.61 bits per heavy atom. The molecular weight excluding hydrogens is 270 g/mol. The van der Waals surface area contributed by atoms with Crippen LogP contribution in [0.2, 0.25) is 0 Å². The number of ketones is 1. The van der Waals surface area contributed by atoms with Crippen LogP contribution in [0.1, 0.15) is 29.6 Å². The number of carbonyl (C=O) groups is 1. The first-order valence-electron chi connectivity index (χ1n) is 5.46. The minimum atomic E-state index is -0.240. The van der Waals surface area contributed by atoms with Crippen molar-refractivity contribution in [1.82, 2.24) is 14.8 Å². The number of Topliss-reactive ketones (excluding diaryl/α,β-unsaturated/α-hetero) is 1. The Kier molecular flexibility index (Phi) is 4.03. The number of H-pyrrole nitrogens is 1. The molecule has 0 bridgehead atoms. The molecule has 0 amide bonds. The standard InChI is InChI=1S/C11H13N3O2S2/c1-7(2)14-10(16)12-13-11(14)18-6-8(15)9-4-3-5-17-9/h3-5,7H,6H2,1-2H3,(H,12,16). The summed E-state index contributed by atoms with van der Waals surface area (Å²) in [6, 6.07) is 3.67. The number of nitrogens with zero attached hydrogens (tertiary/aromatic N) is 2. The lowest BCUT2D eigenvalue weighted by Gasteiger charge is -2.07. The lowest BCUT2D eigenvalue weighted by atomic mass is 10.4. The minimum Gasteiger partial charge on any atom is -0.292 e. The van der Waals surface area contributed by atoms with Crippen LogP contribution >= 0.6 is 23.1 Å². The molecule has 0 spiro atoms. The SMILES string of the molecule is CC(C)n1c(SCC(=O)c2cccs2)n[nH]c1=O. The van der Waals surface area contributed by atoms with Crippen LogP contribution < -0.4 is 5.69 Å². The summed E-state index contributed by atoms with van der Waals surface area (Å²) in [5, 5.41) is 8.76. The molecule has 0 radical (unpaired) electrons. The highest BCUT2D eigenvalue weighted by Crippen LogP contribution is 2.19. The van der Waals surface area contributed by atoms with E-state index in [0.717, 1.165) is 4.88 Å². The summed E-state index contributed by atoms with van der Waals surface area (Å²) in [4.78, 5) is 24.1. The molecule has 0 aliphatic rings. The number of aromatic amines is 1. The number of thioether (sulfide) groups is 1. The molecular formula is C11H13N3O2S2. The molecule has 2 heterocycles. The van der Waals surface area contributed by atoms with Crippen molar-refractivity contribution in [2.24, 2.45) is 0 Å². The fourth-order valence-electron chi connectivity index (χ4n) is 1.49.